The molecule has 5 nitrogen and oxygen atoms in total. The highest BCUT2D eigenvalue weighted by atomic mass is 32.2. The Kier molecular flexibility index (Phi) is 6.17. The van der Waals surface area contributed by atoms with Gasteiger partial charge in [0.05, 0.1) is 10.6 Å². The van der Waals surface area contributed by atoms with E-state index in [1.54, 1.807) is 30.3 Å². The van der Waals surface area contributed by atoms with E-state index in [1.165, 1.54) is 16.4 Å². The largest absolute Gasteiger partial charge is 0.332 e. The lowest BCUT2D eigenvalue weighted by molar-refractivity contribution is 0.560. The van der Waals surface area contributed by atoms with E-state index in [0.29, 0.717) is 34.9 Å². The molecular weight excluding hydrogens is 445 g/mol. The summed E-state index contributed by atoms with van der Waals surface area (Å²) in [5.41, 5.74) is 3.93. The van der Waals surface area contributed by atoms with Crippen LogP contribution in [0.1, 0.15) is 24.5 Å². The van der Waals surface area contributed by atoms with Gasteiger partial charge in [-0.15, -0.1) is 0 Å². The highest BCUT2D eigenvalue weighted by Crippen LogP contribution is 2.35. The molecule has 4 rings (SSSR count). The molecule has 0 amide bonds. The molecule has 1 aliphatic rings. The number of anilines is 3. The van der Waals surface area contributed by atoms with E-state index in [-0.39, 0.29) is 16.8 Å². The minimum absolute atomic E-state index is 0.171. The van der Waals surface area contributed by atoms with Crippen molar-refractivity contribution in [1.82, 2.24) is 0 Å². The molecule has 0 aromatic heterocycles. The Labute approximate surface area is 193 Å². The summed E-state index contributed by atoms with van der Waals surface area (Å²) in [5.74, 6) is -0.360. The fraction of sp³-hybridized carbons (Fsp3) is 0.208. The molecule has 0 spiro atoms. The molecule has 3 aromatic rings. The number of hydrogen-bond donors (Lipinski definition) is 2. The maximum atomic E-state index is 13.7. The highest BCUT2D eigenvalue weighted by Gasteiger charge is 2.33. The van der Waals surface area contributed by atoms with Crippen LogP contribution in [0, 0.1) is 12.7 Å². The Hall–Kier alpha value is -2.97. The molecular formula is C24H24FN3O2S2. The van der Waals surface area contributed by atoms with Crippen LogP contribution < -0.4 is 14.9 Å². The van der Waals surface area contributed by atoms with Crippen molar-refractivity contribution in [2.75, 3.05) is 14.9 Å². The minimum atomic E-state index is -3.80. The van der Waals surface area contributed by atoms with Crippen LogP contribution in [0.15, 0.2) is 71.6 Å². The fourth-order valence-corrected chi connectivity index (χ4v) is 5.77. The first-order chi connectivity index (χ1) is 15.2. The van der Waals surface area contributed by atoms with Crippen molar-refractivity contribution in [3.63, 3.8) is 0 Å². The number of halogens is 1. The Morgan fingerprint density at radius 1 is 1.00 bits per heavy atom. The summed E-state index contributed by atoms with van der Waals surface area (Å²) in [6.07, 6.45) is 1.28. The smallest absolute Gasteiger partial charge is 0.264 e. The van der Waals surface area contributed by atoms with Crippen molar-refractivity contribution >= 4 is 44.4 Å². The lowest BCUT2D eigenvalue weighted by Gasteiger charge is -2.36. The molecule has 0 bridgehead atoms. The van der Waals surface area contributed by atoms with Gasteiger partial charge in [-0.25, -0.2) is 12.8 Å². The van der Waals surface area contributed by atoms with E-state index in [1.807, 2.05) is 38.1 Å². The first-order valence-corrected chi connectivity index (χ1v) is 12.2. The molecule has 1 aliphatic heterocycles. The molecule has 0 fully saturated rings. The number of fused-ring (bicyclic) bond motifs is 1. The number of hydrogen-bond acceptors (Lipinski definition) is 3. The van der Waals surface area contributed by atoms with E-state index in [2.05, 4.69) is 10.6 Å². The molecule has 0 saturated heterocycles. The van der Waals surface area contributed by atoms with Crippen molar-refractivity contribution in [3.05, 3.63) is 83.7 Å². The molecule has 166 valence electrons. The van der Waals surface area contributed by atoms with Crippen molar-refractivity contribution < 1.29 is 12.8 Å². The van der Waals surface area contributed by atoms with Crippen LogP contribution in [0.5, 0.6) is 0 Å². The molecule has 1 heterocycles. The average Bonchev–Trinajstić information content (AvgIpc) is 2.75. The van der Waals surface area contributed by atoms with E-state index < -0.39 is 10.0 Å². The molecule has 0 unspecified atom stereocenters. The van der Waals surface area contributed by atoms with Gasteiger partial charge in [0.15, 0.2) is 5.11 Å². The lowest BCUT2D eigenvalue weighted by atomic mass is 9.99. The van der Waals surface area contributed by atoms with Crippen LogP contribution in [-0.4, -0.2) is 19.6 Å². The summed E-state index contributed by atoms with van der Waals surface area (Å²) >= 11 is 5.35. The number of benzene rings is 3. The van der Waals surface area contributed by atoms with Crippen LogP contribution >= 0.6 is 12.2 Å². The van der Waals surface area contributed by atoms with Gasteiger partial charge in [-0.3, -0.25) is 4.31 Å². The second-order valence-corrected chi connectivity index (χ2v) is 10.2. The third-order valence-electron chi connectivity index (χ3n) is 5.49. The molecule has 8 heteroatoms. The Morgan fingerprint density at radius 2 is 1.59 bits per heavy atom. The van der Waals surface area contributed by atoms with Gasteiger partial charge in [-0.2, -0.15) is 0 Å². The van der Waals surface area contributed by atoms with Gasteiger partial charge in [0.2, 0.25) is 0 Å². The molecule has 0 aliphatic carbocycles. The number of rotatable bonds is 4. The van der Waals surface area contributed by atoms with Crippen LogP contribution in [0.2, 0.25) is 0 Å². The number of thiocarbonyl (C=S) groups is 1. The lowest BCUT2D eigenvalue weighted by Crippen LogP contribution is -2.42. The fourth-order valence-electron chi connectivity index (χ4n) is 3.81. The first kappa shape index (κ1) is 22.2. The second kappa shape index (κ2) is 8.88. The standard InChI is InChI=1S/C24H24FN3O2S2/c1-16-3-8-20(9-4-16)26-24(31)27-21-10-12-22(13-11-21)32(29,30)28-17(2)5-6-18-15-19(25)7-14-23(18)28/h3-4,7-15,17H,5-6H2,1-2H3,(H2,26,27,31)/t17-/m1/s1. The zero-order chi connectivity index (χ0) is 22.9. The summed E-state index contributed by atoms with van der Waals surface area (Å²) in [4.78, 5) is 0.171. The van der Waals surface area contributed by atoms with Gasteiger partial charge in [0.1, 0.15) is 5.82 Å². The van der Waals surface area contributed by atoms with Gasteiger partial charge in [-0.05, 0) is 99.1 Å². The summed E-state index contributed by atoms with van der Waals surface area (Å²) in [6, 6.07) is 18.3. The quantitative estimate of drug-likeness (QED) is 0.496. The maximum Gasteiger partial charge on any atom is 0.264 e. The van der Waals surface area contributed by atoms with Gasteiger partial charge in [-0.1, -0.05) is 17.7 Å². The van der Waals surface area contributed by atoms with Crippen LogP contribution in [-0.2, 0) is 16.4 Å². The van der Waals surface area contributed by atoms with Crippen LogP contribution in [0.3, 0.4) is 0 Å². The third kappa shape index (κ3) is 4.61. The summed E-state index contributed by atoms with van der Waals surface area (Å²) in [6.45, 7) is 3.88. The molecule has 32 heavy (non-hydrogen) atoms. The first-order valence-electron chi connectivity index (χ1n) is 10.3. The van der Waals surface area contributed by atoms with E-state index >= 15 is 0 Å². The second-order valence-electron chi connectivity index (χ2n) is 7.93. The Morgan fingerprint density at radius 3 is 2.22 bits per heavy atom. The Bertz CT molecular complexity index is 1240. The molecule has 0 radical (unpaired) electrons. The minimum Gasteiger partial charge on any atom is -0.332 e. The van der Waals surface area contributed by atoms with Crippen LogP contribution in [0.4, 0.5) is 21.5 Å². The van der Waals surface area contributed by atoms with Gasteiger partial charge < -0.3 is 10.6 Å². The van der Waals surface area contributed by atoms with Gasteiger partial charge in [0, 0.05) is 17.4 Å². The predicted octanol–water partition coefficient (Wildman–Crippen LogP) is 5.47. The monoisotopic (exact) mass is 469 g/mol. The summed E-state index contributed by atoms with van der Waals surface area (Å²) in [5, 5.41) is 6.57. The molecule has 3 aromatic carbocycles. The van der Waals surface area contributed by atoms with Crippen molar-refractivity contribution in [3.8, 4) is 0 Å². The van der Waals surface area contributed by atoms with E-state index in [0.717, 1.165) is 11.3 Å². The highest BCUT2D eigenvalue weighted by molar-refractivity contribution is 7.92. The Balaban J connectivity index is 1.52. The van der Waals surface area contributed by atoms with Gasteiger partial charge >= 0.3 is 0 Å². The number of nitrogens with zero attached hydrogens (tertiary/aromatic N) is 1. The van der Waals surface area contributed by atoms with E-state index in [9.17, 15) is 12.8 Å². The number of nitrogens with one attached hydrogen (secondary N) is 2. The van der Waals surface area contributed by atoms with Crippen molar-refractivity contribution in [2.45, 2.75) is 37.6 Å². The van der Waals surface area contributed by atoms with Crippen molar-refractivity contribution in [2.24, 2.45) is 0 Å². The summed E-state index contributed by atoms with van der Waals surface area (Å²) in [7, 11) is -3.80. The summed E-state index contributed by atoms with van der Waals surface area (Å²) < 4.78 is 41.9. The molecule has 0 saturated carbocycles. The molecule has 2 N–H and O–H groups in total. The molecule has 1 atom stereocenters. The van der Waals surface area contributed by atoms with Crippen LogP contribution in [0.25, 0.3) is 0 Å². The maximum absolute atomic E-state index is 13.7. The zero-order valence-corrected chi connectivity index (χ0v) is 19.4. The topological polar surface area (TPSA) is 61.4 Å². The predicted molar refractivity (Wildman–Crippen MR) is 131 cm³/mol. The normalized spacial score (nSPS) is 15.7. The average molecular weight is 470 g/mol. The van der Waals surface area contributed by atoms with Gasteiger partial charge in [0.25, 0.3) is 10.0 Å². The number of sulfonamides is 1. The zero-order valence-electron chi connectivity index (χ0n) is 17.8. The third-order valence-corrected chi connectivity index (χ3v) is 7.64. The number of aryl methyl sites for hydroxylation is 2. The van der Waals surface area contributed by atoms with Crippen molar-refractivity contribution in [1.29, 1.82) is 0 Å². The SMILES string of the molecule is Cc1ccc(NC(=S)Nc2ccc(S(=O)(=O)N3c4ccc(F)cc4CC[C@H]3C)cc2)cc1. The van der Waals surface area contributed by atoms with E-state index in [4.69, 9.17) is 12.2 Å².